The molecule has 1 fully saturated rings. The average molecular weight is 492 g/mol. The summed E-state index contributed by atoms with van der Waals surface area (Å²) in [6, 6.07) is 26.4. The lowest BCUT2D eigenvalue weighted by Crippen LogP contribution is -2.33. The highest BCUT2D eigenvalue weighted by atomic mass is 16.5. The van der Waals surface area contributed by atoms with Crippen LogP contribution in [0.15, 0.2) is 89.3 Å². The SMILES string of the molecule is O=C(c1ccc(OCCN2CCCCC2)cc1)c1oc2cc(O)ccc2c1-c1cccc2ccccc12. The highest BCUT2D eigenvalue weighted by Crippen LogP contribution is 2.40. The zero-order chi connectivity index (χ0) is 25.2. The van der Waals surface area contributed by atoms with Crippen LogP contribution in [-0.2, 0) is 0 Å². The van der Waals surface area contributed by atoms with Gasteiger partial charge in [0.25, 0.3) is 0 Å². The molecule has 0 atom stereocenters. The zero-order valence-electron chi connectivity index (χ0n) is 20.7. The summed E-state index contributed by atoms with van der Waals surface area (Å²) in [5.41, 5.74) is 2.65. The van der Waals surface area contributed by atoms with E-state index in [4.69, 9.17) is 9.15 Å². The Kier molecular flexibility index (Phi) is 6.37. The Morgan fingerprint density at radius 2 is 1.65 bits per heavy atom. The molecule has 0 spiro atoms. The number of likely N-dealkylation sites (tertiary alicyclic amines) is 1. The maximum absolute atomic E-state index is 13.8. The van der Waals surface area contributed by atoms with Crippen molar-refractivity contribution < 1.29 is 19.1 Å². The van der Waals surface area contributed by atoms with Crippen molar-refractivity contribution in [2.24, 2.45) is 0 Å². The average Bonchev–Trinajstić information content (AvgIpc) is 3.31. The fourth-order valence-electron chi connectivity index (χ4n) is 5.27. The van der Waals surface area contributed by atoms with E-state index in [1.54, 1.807) is 30.3 Å². The number of ketones is 1. The fraction of sp³-hybridized carbons (Fsp3) is 0.219. The van der Waals surface area contributed by atoms with Crippen LogP contribution < -0.4 is 4.74 Å². The molecule has 0 bridgehead atoms. The quantitative estimate of drug-likeness (QED) is 0.247. The van der Waals surface area contributed by atoms with Gasteiger partial charge in [-0.3, -0.25) is 9.69 Å². The molecule has 5 aromatic rings. The summed E-state index contributed by atoms with van der Waals surface area (Å²) < 4.78 is 12.1. The number of hydrogen-bond acceptors (Lipinski definition) is 5. The van der Waals surface area contributed by atoms with Gasteiger partial charge >= 0.3 is 0 Å². The van der Waals surface area contributed by atoms with Crippen LogP contribution in [0, 0.1) is 0 Å². The lowest BCUT2D eigenvalue weighted by molar-refractivity contribution is 0.101. The van der Waals surface area contributed by atoms with E-state index in [2.05, 4.69) is 17.0 Å². The van der Waals surface area contributed by atoms with Crippen LogP contribution in [0.5, 0.6) is 11.5 Å². The summed E-state index contributed by atoms with van der Waals surface area (Å²) in [6.07, 6.45) is 3.85. The summed E-state index contributed by atoms with van der Waals surface area (Å²) in [4.78, 5) is 16.2. The predicted octanol–water partition coefficient (Wildman–Crippen LogP) is 7.05. The Labute approximate surface area is 215 Å². The number of ether oxygens (including phenoxy) is 1. The normalized spacial score (nSPS) is 14.3. The van der Waals surface area contributed by atoms with E-state index >= 15 is 0 Å². The van der Waals surface area contributed by atoms with Gasteiger partial charge in [0.2, 0.25) is 5.78 Å². The number of carbonyl (C=O) groups is 1. The monoisotopic (exact) mass is 491 g/mol. The van der Waals surface area contributed by atoms with Gasteiger partial charge < -0.3 is 14.3 Å². The minimum atomic E-state index is -0.210. The van der Waals surface area contributed by atoms with E-state index in [9.17, 15) is 9.90 Å². The van der Waals surface area contributed by atoms with Crippen LogP contribution in [0.2, 0.25) is 0 Å². The number of benzene rings is 4. The first-order chi connectivity index (χ1) is 18.2. The molecular formula is C32H29NO4. The minimum absolute atomic E-state index is 0.0933. The van der Waals surface area contributed by atoms with Gasteiger partial charge in [-0.1, -0.05) is 48.9 Å². The van der Waals surface area contributed by atoms with Gasteiger partial charge in [0, 0.05) is 29.1 Å². The van der Waals surface area contributed by atoms with Gasteiger partial charge in [0.05, 0.1) is 0 Å². The Bertz CT molecular complexity index is 1560. The second kappa shape index (κ2) is 10.1. The maximum Gasteiger partial charge on any atom is 0.228 e. The summed E-state index contributed by atoms with van der Waals surface area (Å²) in [7, 11) is 0. The molecule has 2 heterocycles. The molecule has 1 N–H and O–H groups in total. The zero-order valence-corrected chi connectivity index (χ0v) is 20.7. The molecule has 1 aliphatic heterocycles. The molecule has 0 unspecified atom stereocenters. The summed E-state index contributed by atoms with van der Waals surface area (Å²) in [6.45, 7) is 3.84. The molecule has 186 valence electrons. The van der Waals surface area contributed by atoms with Crippen LogP contribution in [0.4, 0.5) is 0 Å². The van der Waals surface area contributed by atoms with Gasteiger partial charge in [-0.2, -0.15) is 0 Å². The number of aromatic hydroxyl groups is 1. The molecule has 0 radical (unpaired) electrons. The number of hydrogen-bond donors (Lipinski definition) is 1. The number of phenolic OH excluding ortho intramolecular Hbond substituents is 1. The Morgan fingerprint density at radius 3 is 2.49 bits per heavy atom. The van der Waals surface area contributed by atoms with Gasteiger partial charge in [0.1, 0.15) is 23.7 Å². The fourth-order valence-corrected chi connectivity index (χ4v) is 5.27. The Morgan fingerprint density at radius 1 is 0.865 bits per heavy atom. The highest BCUT2D eigenvalue weighted by Gasteiger charge is 2.24. The lowest BCUT2D eigenvalue weighted by atomic mass is 9.94. The predicted molar refractivity (Wildman–Crippen MR) is 146 cm³/mol. The van der Waals surface area contributed by atoms with Crippen LogP contribution >= 0.6 is 0 Å². The number of furan rings is 1. The van der Waals surface area contributed by atoms with Crippen molar-refractivity contribution in [2.75, 3.05) is 26.2 Å². The third-order valence-electron chi connectivity index (χ3n) is 7.18. The Hall–Kier alpha value is -4.09. The van der Waals surface area contributed by atoms with Crippen molar-refractivity contribution in [1.82, 2.24) is 4.90 Å². The third kappa shape index (κ3) is 4.70. The second-order valence-corrected chi connectivity index (χ2v) is 9.62. The van der Waals surface area contributed by atoms with Crippen LogP contribution in [0.3, 0.4) is 0 Å². The van der Waals surface area contributed by atoms with E-state index in [1.807, 2.05) is 42.5 Å². The molecule has 0 saturated carbocycles. The first-order valence-corrected chi connectivity index (χ1v) is 12.9. The summed E-state index contributed by atoms with van der Waals surface area (Å²) in [5, 5.41) is 13.0. The van der Waals surface area contributed by atoms with Gasteiger partial charge in [0.15, 0.2) is 5.76 Å². The number of carbonyl (C=O) groups excluding carboxylic acids is 1. The summed E-state index contributed by atoms with van der Waals surface area (Å²) >= 11 is 0. The molecule has 4 aromatic carbocycles. The molecule has 1 aliphatic rings. The van der Waals surface area contributed by atoms with Crippen LogP contribution in [0.1, 0.15) is 35.4 Å². The molecule has 37 heavy (non-hydrogen) atoms. The van der Waals surface area contributed by atoms with Crippen molar-refractivity contribution >= 4 is 27.5 Å². The van der Waals surface area contributed by atoms with Crippen LogP contribution in [-0.4, -0.2) is 42.0 Å². The van der Waals surface area contributed by atoms with Crippen molar-refractivity contribution in [3.05, 3.63) is 96.3 Å². The van der Waals surface area contributed by atoms with E-state index in [0.29, 0.717) is 17.8 Å². The molecule has 1 saturated heterocycles. The van der Waals surface area contributed by atoms with Crippen molar-refractivity contribution in [2.45, 2.75) is 19.3 Å². The van der Waals surface area contributed by atoms with E-state index < -0.39 is 0 Å². The highest BCUT2D eigenvalue weighted by molar-refractivity contribution is 6.18. The number of piperidine rings is 1. The Balaban J connectivity index is 1.32. The minimum Gasteiger partial charge on any atom is -0.508 e. The van der Waals surface area contributed by atoms with Crippen LogP contribution in [0.25, 0.3) is 32.9 Å². The summed E-state index contributed by atoms with van der Waals surface area (Å²) in [5.74, 6) is 0.891. The maximum atomic E-state index is 13.8. The molecule has 0 aliphatic carbocycles. The largest absolute Gasteiger partial charge is 0.508 e. The topological polar surface area (TPSA) is 62.9 Å². The number of fused-ring (bicyclic) bond motifs is 2. The van der Waals surface area contributed by atoms with Gasteiger partial charge in [-0.15, -0.1) is 0 Å². The molecular weight excluding hydrogens is 462 g/mol. The standard InChI is InChI=1S/C32H29NO4/c34-24-13-16-28-29(21-24)37-32(30(28)27-10-6-8-22-7-2-3-9-26(22)27)31(35)23-11-14-25(15-12-23)36-20-19-33-17-4-1-5-18-33/h2-3,6-16,21,34H,1,4-5,17-20H2. The number of phenols is 1. The first-order valence-electron chi connectivity index (χ1n) is 12.9. The van der Waals surface area contributed by atoms with E-state index in [-0.39, 0.29) is 17.3 Å². The lowest BCUT2D eigenvalue weighted by Gasteiger charge is -2.26. The molecule has 5 heteroatoms. The number of nitrogens with zero attached hydrogens (tertiary/aromatic N) is 1. The molecule has 1 aromatic heterocycles. The second-order valence-electron chi connectivity index (χ2n) is 9.62. The van der Waals surface area contributed by atoms with Gasteiger partial charge in [-0.05, 0) is 78.7 Å². The van der Waals surface area contributed by atoms with Gasteiger partial charge in [-0.25, -0.2) is 0 Å². The van der Waals surface area contributed by atoms with Crippen molar-refractivity contribution in [1.29, 1.82) is 0 Å². The molecule has 5 nitrogen and oxygen atoms in total. The number of rotatable bonds is 7. The molecule has 6 rings (SSSR count). The van der Waals surface area contributed by atoms with Crippen molar-refractivity contribution in [3.63, 3.8) is 0 Å². The van der Waals surface area contributed by atoms with E-state index in [1.165, 1.54) is 19.3 Å². The van der Waals surface area contributed by atoms with E-state index in [0.717, 1.165) is 52.7 Å². The third-order valence-corrected chi connectivity index (χ3v) is 7.18. The smallest absolute Gasteiger partial charge is 0.228 e. The first kappa shape index (κ1) is 23.3. The molecule has 0 amide bonds. The van der Waals surface area contributed by atoms with Crippen molar-refractivity contribution in [3.8, 4) is 22.6 Å².